The largest absolute Gasteiger partial charge is 0.462 e. The minimum atomic E-state index is -0.785. The zero-order valence-electron chi connectivity index (χ0n) is 38.6. The monoisotopic (exact) mass is 815 g/mol. The lowest BCUT2D eigenvalue weighted by Gasteiger charge is -2.18. The van der Waals surface area contributed by atoms with Crippen molar-refractivity contribution in [2.75, 3.05) is 13.2 Å². The van der Waals surface area contributed by atoms with Crippen LogP contribution >= 0.6 is 0 Å². The first-order valence-corrected chi connectivity index (χ1v) is 25.0. The fourth-order valence-electron chi connectivity index (χ4n) is 7.11. The standard InChI is InChI=1S/C52H94O6/c1-4-7-10-13-16-19-21-23-25-26-27-29-30-33-36-39-42-45-51(54)57-48-49(47-56-50(53)44-41-38-35-32-18-15-12-9-6-3)58-52(55)46-43-40-37-34-31-28-24-22-20-17-14-11-8-5-2/h23,25,27,29,33,36,49H,4-22,24,26,28,30-32,34-35,37-48H2,1-3H3/b25-23-,29-27-,36-33-. The van der Waals surface area contributed by atoms with E-state index in [9.17, 15) is 14.4 Å². The number of allylic oxidation sites excluding steroid dienone is 6. The van der Waals surface area contributed by atoms with Gasteiger partial charge in [0.25, 0.3) is 0 Å². The molecule has 338 valence electrons. The van der Waals surface area contributed by atoms with E-state index in [1.54, 1.807) is 0 Å². The zero-order valence-corrected chi connectivity index (χ0v) is 38.6. The first-order valence-electron chi connectivity index (χ1n) is 25.0. The number of hydrogen-bond acceptors (Lipinski definition) is 6. The lowest BCUT2D eigenvalue weighted by Crippen LogP contribution is -2.30. The molecule has 58 heavy (non-hydrogen) atoms. The fourth-order valence-corrected chi connectivity index (χ4v) is 7.11. The van der Waals surface area contributed by atoms with Gasteiger partial charge in [-0.25, -0.2) is 0 Å². The van der Waals surface area contributed by atoms with E-state index in [0.717, 1.165) is 57.8 Å². The average molecular weight is 815 g/mol. The molecule has 1 unspecified atom stereocenters. The molecule has 0 rings (SSSR count). The number of rotatable bonds is 45. The Morgan fingerprint density at radius 2 is 0.638 bits per heavy atom. The lowest BCUT2D eigenvalue weighted by atomic mass is 10.0. The lowest BCUT2D eigenvalue weighted by molar-refractivity contribution is -0.167. The predicted octanol–water partition coefficient (Wildman–Crippen LogP) is 16.1. The molecule has 0 aromatic heterocycles. The van der Waals surface area contributed by atoms with Gasteiger partial charge in [0, 0.05) is 19.3 Å². The van der Waals surface area contributed by atoms with Crippen molar-refractivity contribution in [2.24, 2.45) is 0 Å². The maximum Gasteiger partial charge on any atom is 0.306 e. The normalized spacial score (nSPS) is 12.3. The molecule has 0 spiro atoms. The maximum absolute atomic E-state index is 12.7. The van der Waals surface area contributed by atoms with Gasteiger partial charge >= 0.3 is 17.9 Å². The van der Waals surface area contributed by atoms with Gasteiger partial charge in [-0.1, -0.05) is 224 Å². The van der Waals surface area contributed by atoms with E-state index in [0.29, 0.717) is 25.7 Å². The minimum Gasteiger partial charge on any atom is -0.462 e. The number of esters is 3. The van der Waals surface area contributed by atoms with Crippen LogP contribution in [-0.4, -0.2) is 37.2 Å². The molecule has 0 saturated heterocycles. The van der Waals surface area contributed by atoms with Crippen molar-refractivity contribution in [3.63, 3.8) is 0 Å². The van der Waals surface area contributed by atoms with Crippen LogP contribution in [0.2, 0.25) is 0 Å². The molecule has 0 aromatic rings. The smallest absolute Gasteiger partial charge is 0.306 e. The van der Waals surface area contributed by atoms with Crippen LogP contribution in [-0.2, 0) is 28.6 Å². The van der Waals surface area contributed by atoms with E-state index in [4.69, 9.17) is 14.2 Å². The van der Waals surface area contributed by atoms with Gasteiger partial charge in [-0.3, -0.25) is 14.4 Å². The molecule has 0 bridgehead atoms. The summed E-state index contributed by atoms with van der Waals surface area (Å²) in [4.78, 5) is 37.8. The minimum absolute atomic E-state index is 0.0841. The third kappa shape index (κ3) is 44.7. The molecule has 0 N–H and O–H groups in total. The summed E-state index contributed by atoms with van der Waals surface area (Å²) in [6.45, 7) is 6.58. The van der Waals surface area contributed by atoms with Gasteiger partial charge < -0.3 is 14.2 Å². The molecule has 6 heteroatoms. The summed E-state index contributed by atoms with van der Waals surface area (Å²) in [5, 5.41) is 0. The third-order valence-electron chi connectivity index (χ3n) is 10.9. The molecular formula is C52H94O6. The predicted molar refractivity (Wildman–Crippen MR) is 247 cm³/mol. The first-order chi connectivity index (χ1) is 28.5. The Bertz CT molecular complexity index is 984. The highest BCUT2D eigenvalue weighted by molar-refractivity contribution is 5.71. The van der Waals surface area contributed by atoms with E-state index >= 15 is 0 Å². The van der Waals surface area contributed by atoms with E-state index in [1.165, 1.54) is 154 Å². The topological polar surface area (TPSA) is 78.9 Å². The summed E-state index contributed by atoms with van der Waals surface area (Å²) in [6.07, 6.45) is 54.2. The van der Waals surface area contributed by atoms with Gasteiger partial charge in [-0.2, -0.15) is 0 Å². The molecule has 0 aliphatic heterocycles. The second-order valence-corrected chi connectivity index (χ2v) is 16.7. The van der Waals surface area contributed by atoms with Crippen LogP contribution in [0.5, 0.6) is 0 Å². The van der Waals surface area contributed by atoms with Gasteiger partial charge in [0.15, 0.2) is 6.10 Å². The molecule has 0 amide bonds. The molecule has 0 aromatic carbocycles. The summed E-state index contributed by atoms with van der Waals surface area (Å²) in [7, 11) is 0. The van der Waals surface area contributed by atoms with E-state index in [1.807, 2.05) is 0 Å². The third-order valence-corrected chi connectivity index (χ3v) is 10.9. The van der Waals surface area contributed by atoms with Crippen molar-refractivity contribution in [1.29, 1.82) is 0 Å². The van der Waals surface area contributed by atoms with Crippen molar-refractivity contribution in [3.05, 3.63) is 36.5 Å². The Labute approximate surface area is 359 Å². The van der Waals surface area contributed by atoms with E-state index in [2.05, 4.69) is 57.2 Å². The van der Waals surface area contributed by atoms with Crippen molar-refractivity contribution in [1.82, 2.24) is 0 Å². The number of unbranched alkanes of at least 4 members (excludes halogenated alkanes) is 28. The fraction of sp³-hybridized carbons (Fsp3) is 0.827. The van der Waals surface area contributed by atoms with Crippen LogP contribution < -0.4 is 0 Å². The van der Waals surface area contributed by atoms with Crippen LogP contribution in [0.15, 0.2) is 36.5 Å². The highest BCUT2D eigenvalue weighted by Crippen LogP contribution is 2.15. The van der Waals surface area contributed by atoms with Crippen LogP contribution in [0.25, 0.3) is 0 Å². The van der Waals surface area contributed by atoms with Gasteiger partial charge in [0.1, 0.15) is 13.2 Å². The molecule has 1 atom stereocenters. The molecule has 0 aliphatic rings. The Kier molecular flexibility index (Phi) is 45.4. The summed E-state index contributed by atoms with van der Waals surface area (Å²) in [6, 6.07) is 0. The molecule has 0 radical (unpaired) electrons. The molecular weight excluding hydrogens is 721 g/mol. The van der Waals surface area contributed by atoms with Gasteiger partial charge in [-0.05, 0) is 51.4 Å². The van der Waals surface area contributed by atoms with Crippen LogP contribution in [0, 0.1) is 0 Å². The number of hydrogen-bond donors (Lipinski definition) is 0. The molecule has 0 saturated carbocycles. The zero-order chi connectivity index (χ0) is 42.3. The van der Waals surface area contributed by atoms with Gasteiger partial charge in [0.05, 0.1) is 0 Å². The Morgan fingerprint density at radius 1 is 0.345 bits per heavy atom. The Morgan fingerprint density at radius 3 is 1.03 bits per heavy atom. The molecule has 0 aliphatic carbocycles. The highest BCUT2D eigenvalue weighted by atomic mass is 16.6. The van der Waals surface area contributed by atoms with Crippen LogP contribution in [0.4, 0.5) is 0 Å². The Hall–Kier alpha value is -2.37. The van der Waals surface area contributed by atoms with Crippen molar-refractivity contribution in [2.45, 2.75) is 264 Å². The van der Waals surface area contributed by atoms with E-state index in [-0.39, 0.29) is 31.1 Å². The first kappa shape index (κ1) is 55.6. The van der Waals surface area contributed by atoms with Crippen LogP contribution in [0.1, 0.15) is 258 Å². The molecule has 0 heterocycles. The van der Waals surface area contributed by atoms with Gasteiger partial charge in [0.2, 0.25) is 0 Å². The number of carbonyl (C=O) groups excluding carboxylic acids is 3. The summed E-state index contributed by atoms with van der Waals surface area (Å²) in [5.41, 5.74) is 0. The second-order valence-electron chi connectivity index (χ2n) is 16.7. The maximum atomic E-state index is 12.7. The van der Waals surface area contributed by atoms with Crippen molar-refractivity contribution in [3.8, 4) is 0 Å². The SMILES string of the molecule is CCCCCCCC/C=C\C/C=C\C/C=C\CCCC(=O)OCC(COC(=O)CCCCCCCCCCC)OC(=O)CCCCCCCCCCCCCCCC. The molecule has 6 nitrogen and oxygen atoms in total. The van der Waals surface area contributed by atoms with Crippen molar-refractivity contribution >= 4 is 17.9 Å². The summed E-state index contributed by atoms with van der Waals surface area (Å²) in [5.74, 6) is -0.933. The number of ether oxygens (including phenoxy) is 3. The average Bonchev–Trinajstić information content (AvgIpc) is 3.22. The Balaban J connectivity index is 4.39. The quantitative estimate of drug-likeness (QED) is 0.0264. The summed E-state index contributed by atoms with van der Waals surface area (Å²) >= 11 is 0. The second kappa shape index (κ2) is 47.3. The molecule has 0 fully saturated rings. The van der Waals surface area contributed by atoms with E-state index < -0.39 is 6.10 Å². The summed E-state index contributed by atoms with van der Waals surface area (Å²) < 4.78 is 16.7. The van der Waals surface area contributed by atoms with Crippen LogP contribution in [0.3, 0.4) is 0 Å². The highest BCUT2D eigenvalue weighted by Gasteiger charge is 2.19. The number of carbonyl (C=O) groups is 3. The van der Waals surface area contributed by atoms with Gasteiger partial charge in [-0.15, -0.1) is 0 Å². The van der Waals surface area contributed by atoms with Crippen molar-refractivity contribution < 1.29 is 28.6 Å².